The highest BCUT2D eigenvalue weighted by molar-refractivity contribution is 5.89. The maximum atomic E-state index is 12.1. The lowest BCUT2D eigenvalue weighted by Gasteiger charge is -2.22. The third-order valence-electron chi connectivity index (χ3n) is 5.24. The topological polar surface area (TPSA) is 69.8 Å². The van der Waals surface area contributed by atoms with Crippen molar-refractivity contribution in [3.63, 3.8) is 0 Å². The van der Waals surface area contributed by atoms with Crippen molar-refractivity contribution < 1.29 is 4.79 Å². The Labute approximate surface area is 159 Å². The summed E-state index contributed by atoms with van der Waals surface area (Å²) in [4.78, 5) is 20.1. The summed E-state index contributed by atoms with van der Waals surface area (Å²) in [5.41, 5.74) is 4.15. The minimum atomic E-state index is -0.100. The van der Waals surface area contributed by atoms with Crippen LogP contribution in [0.1, 0.15) is 43.5 Å². The molecule has 1 aliphatic rings. The number of nitrogens with one attached hydrogen (secondary N) is 3. The van der Waals surface area contributed by atoms with E-state index in [2.05, 4.69) is 32.7 Å². The maximum Gasteiger partial charge on any atom is 0.319 e. The number of benzene rings is 2. The Kier molecular flexibility index (Phi) is 5.37. The van der Waals surface area contributed by atoms with Crippen molar-refractivity contribution in [2.45, 2.75) is 51.0 Å². The molecule has 0 bridgehead atoms. The van der Waals surface area contributed by atoms with Crippen LogP contribution in [0.4, 0.5) is 10.5 Å². The molecule has 5 nitrogen and oxygen atoms in total. The molecular formula is C22H26N4O. The van der Waals surface area contributed by atoms with Crippen molar-refractivity contribution in [3.05, 3.63) is 59.9 Å². The van der Waals surface area contributed by atoms with Crippen LogP contribution in [-0.2, 0) is 12.8 Å². The molecule has 5 heteroatoms. The molecule has 2 aromatic carbocycles. The normalized spacial score (nSPS) is 15.0. The molecule has 1 aromatic heterocycles. The van der Waals surface area contributed by atoms with Crippen molar-refractivity contribution in [2.75, 3.05) is 5.32 Å². The van der Waals surface area contributed by atoms with E-state index in [9.17, 15) is 4.79 Å². The zero-order chi connectivity index (χ0) is 18.5. The minimum absolute atomic E-state index is 0.100. The highest BCUT2D eigenvalue weighted by Crippen LogP contribution is 2.18. The molecule has 3 N–H and O–H groups in total. The van der Waals surface area contributed by atoms with Crippen LogP contribution in [0.2, 0.25) is 0 Å². The number of para-hydroxylation sites is 2. The van der Waals surface area contributed by atoms with Gasteiger partial charge < -0.3 is 15.6 Å². The fourth-order valence-electron chi connectivity index (χ4n) is 3.74. The average Bonchev–Trinajstić information content (AvgIpc) is 3.11. The predicted octanol–water partition coefficient (Wildman–Crippen LogP) is 4.80. The number of hydrogen-bond donors (Lipinski definition) is 3. The summed E-state index contributed by atoms with van der Waals surface area (Å²) >= 11 is 0. The lowest BCUT2D eigenvalue weighted by molar-refractivity contribution is 0.244. The van der Waals surface area contributed by atoms with Crippen LogP contribution in [-0.4, -0.2) is 22.0 Å². The fourth-order valence-corrected chi connectivity index (χ4v) is 3.74. The highest BCUT2D eigenvalue weighted by atomic mass is 16.2. The van der Waals surface area contributed by atoms with E-state index >= 15 is 0 Å². The number of hydrogen-bond acceptors (Lipinski definition) is 2. The minimum Gasteiger partial charge on any atom is -0.342 e. The number of aromatic nitrogens is 2. The van der Waals surface area contributed by atoms with Crippen LogP contribution in [0.15, 0.2) is 48.5 Å². The van der Waals surface area contributed by atoms with Gasteiger partial charge in [-0.3, -0.25) is 0 Å². The zero-order valence-electron chi connectivity index (χ0n) is 15.5. The summed E-state index contributed by atoms with van der Waals surface area (Å²) in [5.74, 6) is 1.00. The van der Waals surface area contributed by atoms with Gasteiger partial charge in [0.25, 0.3) is 0 Å². The van der Waals surface area contributed by atoms with E-state index in [4.69, 9.17) is 0 Å². The number of aryl methyl sites for hydroxylation is 2. The van der Waals surface area contributed by atoms with Gasteiger partial charge in [0, 0.05) is 18.2 Å². The molecule has 0 spiro atoms. The second kappa shape index (κ2) is 8.25. The molecule has 140 valence electrons. The van der Waals surface area contributed by atoms with Gasteiger partial charge in [-0.15, -0.1) is 0 Å². The first-order valence-electron chi connectivity index (χ1n) is 9.86. The smallest absolute Gasteiger partial charge is 0.319 e. The van der Waals surface area contributed by atoms with Gasteiger partial charge >= 0.3 is 6.03 Å². The highest BCUT2D eigenvalue weighted by Gasteiger charge is 2.15. The van der Waals surface area contributed by atoms with Crippen molar-refractivity contribution in [1.82, 2.24) is 15.3 Å². The van der Waals surface area contributed by atoms with Gasteiger partial charge in [0.15, 0.2) is 0 Å². The van der Waals surface area contributed by atoms with Gasteiger partial charge in [0.2, 0.25) is 0 Å². The number of aromatic amines is 1. The Bertz CT molecular complexity index is 861. The number of anilines is 1. The molecule has 1 heterocycles. The van der Waals surface area contributed by atoms with Crippen LogP contribution in [0.25, 0.3) is 11.0 Å². The summed E-state index contributed by atoms with van der Waals surface area (Å²) in [5, 5.41) is 6.02. The predicted molar refractivity (Wildman–Crippen MR) is 109 cm³/mol. The fraction of sp³-hybridized carbons (Fsp3) is 0.364. The van der Waals surface area contributed by atoms with Gasteiger partial charge in [-0.2, -0.15) is 0 Å². The molecule has 0 unspecified atom stereocenters. The van der Waals surface area contributed by atoms with Gasteiger partial charge in [-0.05, 0) is 49.1 Å². The third-order valence-corrected chi connectivity index (χ3v) is 5.24. The zero-order valence-corrected chi connectivity index (χ0v) is 15.5. The lowest BCUT2D eigenvalue weighted by Crippen LogP contribution is -2.38. The molecule has 1 saturated carbocycles. The summed E-state index contributed by atoms with van der Waals surface area (Å²) in [6.45, 7) is 0. The second-order valence-electron chi connectivity index (χ2n) is 7.33. The number of rotatable bonds is 5. The molecule has 1 fully saturated rings. The number of H-pyrrole nitrogens is 1. The quantitative estimate of drug-likeness (QED) is 0.610. The Morgan fingerprint density at radius 1 is 1.00 bits per heavy atom. The molecular weight excluding hydrogens is 336 g/mol. The summed E-state index contributed by atoms with van der Waals surface area (Å²) in [6, 6.07) is 16.4. The van der Waals surface area contributed by atoms with Crippen molar-refractivity contribution >= 4 is 22.8 Å². The molecule has 0 radical (unpaired) electrons. The third kappa shape index (κ3) is 4.67. The monoisotopic (exact) mass is 362 g/mol. The molecule has 2 amide bonds. The summed E-state index contributed by atoms with van der Waals surface area (Å²) in [6.07, 6.45) is 7.67. The summed E-state index contributed by atoms with van der Waals surface area (Å²) in [7, 11) is 0. The Balaban J connectivity index is 1.28. The van der Waals surface area contributed by atoms with Crippen LogP contribution in [0.5, 0.6) is 0 Å². The largest absolute Gasteiger partial charge is 0.342 e. The van der Waals surface area contributed by atoms with E-state index < -0.39 is 0 Å². The lowest BCUT2D eigenvalue weighted by atomic mass is 9.96. The van der Waals surface area contributed by atoms with Crippen molar-refractivity contribution in [3.8, 4) is 0 Å². The molecule has 3 aromatic rings. The van der Waals surface area contributed by atoms with E-state index in [-0.39, 0.29) is 6.03 Å². The number of carbonyl (C=O) groups is 1. The molecule has 27 heavy (non-hydrogen) atoms. The van der Waals surface area contributed by atoms with E-state index in [1.54, 1.807) is 0 Å². The Hall–Kier alpha value is -2.82. The Morgan fingerprint density at radius 3 is 2.56 bits per heavy atom. The van der Waals surface area contributed by atoms with Gasteiger partial charge in [0.05, 0.1) is 11.0 Å². The van der Waals surface area contributed by atoms with Crippen molar-refractivity contribution in [2.24, 2.45) is 0 Å². The first kappa shape index (κ1) is 17.6. The van der Waals surface area contributed by atoms with Gasteiger partial charge in [-0.25, -0.2) is 9.78 Å². The average molecular weight is 362 g/mol. The van der Waals surface area contributed by atoms with Crippen LogP contribution in [0, 0.1) is 0 Å². The second-order valence-corrected chi connectivity index (χ2v) is 7.33. The van der Waals surface area contributed by atoms with Crippen LogP contribution >= 0.6 is 0 Å². The Morgan fingerprint density at radius 2 is 1.78 bits per heavy atom. The number of amides is 2. The van der Waals surface area contributed by atoms with E-state index in [1.165, 1.54) is 24.8 Å². The van der Waals surface area contributed by atoms with Gasteiger partial charge in [-0.1, -0.05) is 43.5 Å². The molecule has 0 aliphatic heterocycles. The molecule has 0 saturated heterocycles. The molecule has 0 atom stereocenters. The number of imidazole rings is 1. The first-order valence-corrected chi connectivity index (χ1v) is 9.86. The molecule has 4 rings (SSSR count). The summed E-state index contributed by atoms with van der Waals surface area (Å²) < 4.78 is 0. The standard InChI is InChI=1S/C22H26N4O/c27-22(23-17-6-2-1-3-7-17)24-18-13-10-16(11-14-18)12-15-21-25-19-8-4-5-9-20(19)26-21/h4-5,8-11,13-14,17H,1-3,6-7,12,15H2,(H,25,26)(H2,23,24,27). The van der Waals surface area contributed by atoms with E-state index in [0.717, 1.165) is 48.2 Å². The van der Waals surface area contributed by atoms with E-state index in [1.807, 2.05) is 36.4 Å². The first-order chi connectivity index (χ1) is 13.3. The molecule has 1 aliphatic carbocycles. The number of nitrogens with zero attached hydrogens (tertiary/aromatic N) is 1. The van der Waals surface area contributed by atoms with E-state index in [0.29, 0.717) is 6.04 Å². The maximum absolute atomic E-state index is 12.1. The number of urea groups is 1. The SMILES string of the molecule is O=C(Nc1ccc(CCc2nc3ccccc3[nH]2)cc1)NC1CCCCC1. The number of fused-ring (bicyclic) bond motifs is 1. The van der Waals surface area contributed by atoms with Gasteiger partial charge in [0.1, 0.15) is 5.82 Å². The van der Waals surface area contributed by atoms with Crippen LogP contribution < -0.4 is 10.6 Å². The van der Waals surface area contributed by atoms with Crippen LogP contribution in [0.3, 0.4) is 0 Å². The number of carbonyl (C=O) groups excluding carboxylic acids is 1. The van der Waals surface area contributed by atoms with Crippen molar-refractivity contribution in [1.29, 1.82) is 0 Å².